The Balaban J connectivity index is 2.18. The van der Waals surface area contributed by atoms with E-state index in [1.807, 2.05) is 0 Å². The van der Waals surface area contributed by atoms with E-state index in [1.54, 1.807) is 0 Å². The van der Waals surface area contributed by atoms with Crippen molar-refractivity contribution in [3.05, 3.63) is 0 Å². The summed E-state index contributed by atoms with van der Waals surface area (Å²) in [5.74, 6) is -0.304. The number of ether oxygens (including phenoxy) is 1. The number of carbonyl (C=O) groups excluding carboxylic acids is 1. The summed E-state index contributed by atoms with van der Waals surface area (Å²) in [4.78, 5) is 16.5. The molecule has 1 rings (SSSR count). The van der Waals surface area contributed by atoms with Crippen molar-refractivity contribution in [1.82, 2.24) is 5.48 Å². The van der Waals surface area contributed by atoms with E-state index in [1.165, 1.54) is 20.0 Å². The van der Waals surface area contributed by atoms with E-state index in [-0.39, 0.29) is 18.6 Å². The first kappa shape index (κ1) is 11.4. The molecule has 1 atom stereocenters. The Bertz CT molecular complexity index is 177. The maximum absolute atomic E-state index is 11.3. The van der Waals surface area contributed by atoms with Crippen LogP contribution in [0.2, 0.25) is 0 Å². The summed E-state index contributed by atoms with van der Waals surface area (Å²) >= 11 is 0. The van der Waals surface area contributed by atoms with Crippen LogP contribution in [0, 0.1) is 0 Å². The third-order valence-corrected chi connectivity index (χ3v) is 2.42. The van der Waals surface area contributed by atoms with Crippen LogP contribution in [0.25, 0.3) is 0 Å². The fraction of sp³-hybridized carbons (Fsp3) is 0.889. The van der Waals surface area contributed by atoms with Gasteiger partial charge in [0.1, 0.15) is 6.10 Å². The molecule has 1 amide bonds. The topological polar surface area (TPSA) is 73.6 Å². The zero-order valence-corrected chi connectivity index (χ0v) is 8.49. The van der Waals surface area contributed by atoms with Crippen molar-refractivity contribution >= 4 is 5.91 Å². The number of methoxy groups -OCH3 is 1. The van der Waals surface area contributed by atoms with Crippen LogP contribution in [0.5, 0.6) is 0 Å². The summed E-state index contributed by atoms with van der Waals surface area (Å²) in [5.41, 5.74) is 7.71. The number of amides is 1. The van der Waals surface area contributed by atoms with Crippen LogP contribution in [-0.2, 0) is 14.4 Å². The minimum atomic E-state index is -0.614. The lowest BCUT2D eigenvalue weighted by Gasteiger charge is -2.15. The summed E-state index contributed by atoms with van der Waals surface area (Å²) in [6.45, 7) is 0.163. The number of hydrogen-bond acceptors (Lipinski definition) is 4. The minimum absolute atomic E-state index is 0.161. The van der Waals surface area contributed by atoms with Gasteiger partial charge in [0.2, 0.25) is 0 Å². The number of hydroxylamine groups is 1. The zero-order chi connectivity index (χ0) is 10.4. The molecule has 1 unspecified atom stereocenters. The van der Waals surface area contributed by atoms with Crippen LogP contribution < -0.4 is 11.2 Å². The lowest BCUT2D eigenvalue weighted by Crippen LogP contribution is -2.41. The average molecular weight is 202 g/mol. The average Bonchev–Trinajstić information content (AvgIpc) is 2.69. The Morgan fingerprint density at radius 2 is 2.21 bits per heavy atom. The Hall–Kier alpha value is -0.650. The van der Waals surface area contributed by atoms with Gasteiger partial charge in [0.25, 0.3) is 5.91 Å². The van der Waals surface area contributed by atoms with Crippen LogP contribution in [-0.4, -0.2) is 31.8 Å². The Labute approximate surface area is 83.9 Å². The first-order valence-corrected chi connectivity index (χ1v) is 4.96. The molecule has 0 saturated heterocycles. The van der Waals surface area contributed by atoms with E-state index in [9.17, 15) is 4.79 Å². The molecule has 5 nitrogen and oxygen atoms in total. The standard InChI is InChI=1S/C9H18N2O3/c1-13-8(6-10)9(12)11-14-7-4-2-3-5-7/h7-8H,2-6,10H2,1H3,(H,11,12). The van der Waals surface area contributed by atoms with Crippen molar-refractivity contribution in [2.75, 3.05) is 13.7 Å². The van der Waals surface area contributed by atoms with Crippen molar-refractivity contribution in [1.29, 1.82) is 0 Å². The molecule has 0 aromatic rings. The molecule has 14 heavy (non-hydrogen) atoms. The normalized spacial score (nSPS) is 19.6. The lowest BCUT2D eigenvalue weighted by atomic mass is 10.3. The quantitative estimate of drug-likeness (QED) is 0.613. The summed E-state index contributed by atoms with van der Waals surface area (Å²) in [6.07, 6.45) is 3.92. The third kappa shape index (κ3) is 3.25. The van der Waals surface area contributed by atoms with Crippen LogP contribution in [0.3, 0.4) is 0 Å². The van der Waals surface area contributed by atoms with Gasteiger partial charge in [-0.2, -0.15) is 0 Å². The Morgan fingerprint density at radius 3 is 2.71 bits per heavy atom. The smallest absolute Gasteiger partial charge is 0.273 e. The molecule has 5 heteroatoms. The molecule has 1 aliphatic rings. The number of hydrogen-bond donors (Lipinski definition) is 2. The van der Waals surface area contributed by atoms with Gasteiger partial charge in [0.15, 0.2) is 0 Å². The Kier molecular flexibility index (Phi) is 4.86. The van der Waals surface area contributed by atoms with Crippen molar-refractivity contribution in [2.45, 2.75) is 37.9 Å². The first-order chi connectivity index (χ1) is 6.77. The maximum atomic E-state index is 11.3. The van der Waals surface area contributed by atoms with E-state index in [0.717, 1.165) is 12.8 Å². The molecule has 0 aromatic carbocycles. The molecule has 0 aromatic heterocycles. The van der Waals surface area contributed by atoms with Crippen molar-refractivity contribution in [3.63, 3.8) is 0 Å². The molecule has 1 aliphatic carbocycles. The van der Waals surface area contributed by atoms with Gasteiger partial charge in [0, 0.05) is 13.7 Å². The molecule has 1 fully saturated rings. The van der Waals surface area contributed by atoms with Gasteiger partial charge >= 0.3 is 0 Å². The second-order valence-electron chi connectivity index (χ2n) is 3.45. The summed E-state index contributed by atoms with van der Waals surface area (Å²) in [7, 11) is 1.45. The first-order valence-electron chi connectivity index (χ1n) is 4.96. The fourth-order valence-corrected chi connectivity index (χ4v) is 1.52. The second-order valence-corrected chi connectivity index (χ2v) is 3.45. The van der Waals surface area contributed by atoms with Gasteiger partial charge in [-0.05, 0) is 12.8 Å². The largest absolute Gasteiger partial charge is 0.370 e. The van der Waals surface area contributed by atoms with E-state index in [0.29, 0.717) is 0 Å². The number of rotatable bonds is 5. The lowest BCUT2D eigenvalue weighted by molar-refractivity contribution is -0.147. The molecule has 0 aliphatic heterocycles. The monoisotopic (exact) mass is 202 g/mol. The molecule has 0 heterocycles. The number of nitrogens with two attached hydrogens (primary N) is 1. The van der Waals surface area contributed by atoms with Gasteiger partial charge in [0.05, 0.1) is 6.10 Å². The van der Waals surface area contributed by atoms with Crippen LogP contribution in [0.15, 0.2) is 0 Å². The van der Waals surface area contributed by atoms with Gasteiger partial charge in [-0.3, -0.25) is 9.63 Å². The number of carbonyl (C=O) groups is 1. The van der Waals surface area contributed by atoms with Crippen LogP contribution >= 0.6 is 0 Å². The van der Waals surface area contributed by atoms with Crippen LogP contribution in [0.1, 0.15) is 25.7 Å². The molecule has 0 spiro atoms. The highest BCUT2D eigenvalue weighted by Crippen LogP contribution is 2.19. The maximum Gasteiger partial charge on any atom is 0.273 e. The summed E-state index contributed by atoms with van der Waals surface area (Å²) < 4.78 is 4.86. The summed E-state index contributed by atoms with van der Waals surface area (Å²) in [5, 5.41) is 0. The van der Waals surface area contributed by atoms with Gasteiger partial charge in [-0.15, -0.1) is 0 Å². The molecular formula is C9H18N2O3. The molecule has 0 radical (unpaired) electrons. The second kappa shape index (κ2) is 5.95. The highest BCUT2D eigenvalue weighted by Gasteiger charge is 2.20. The SMILES string of the molecule is COC(CN)C(=O)NOC1CCCC1. The van der Waals surface area contributed by atoms with Crippen molar-refractivity contribution in [2.24, 2.45) is 5.73 Å². The fourth-order valence-electron chi connectivity index (χ4n) is 1.52. The number of nitrogens with one attached hydrogen (secondary N) is 1. The molecule has 82 valence electrons. The minimum Gasteiger partial charge on any atom is -0.370 e. The van der Waals surface area contributed by atoms with E-state index < -0.39 is 6.10 Å². The Morgan fingerprint density at radius 1 is 1.57 bits per heavy atom. The van der Waals surface area contributed by atoms with E-state index in [2.05, 4.69) is 5.48 Å². The van der Waals surface area contributed by atoms with E-state index >= 15 is 0 Å². The van der Waals surface area contributed by atoms with Crippen LogP contribution in [0.4, 0.5) is 0 Å². The highest BCUT2D eigenvalue weighted by molar-refractivity contribution is 5.79. The molecular weight excluding hydrogens is 184 g/mol. The van der Waals surface area contributed by atoms with E-state index in [4.69, 9.17) is 15.3 Å². The van der Waals surface area contributed by atoms with Crippen molar-refractivity contribution in [3.8, 4) is 0 Å². The third-order valence-electron chi connectivity index (χ3n) is 2.42. The molecule has 3 N–H and O–H groups in total. The molecule has 0 bridgehead atoms. The summed E-state index contributed by atoms with van der Waals surface area (Å²) in [6, 6.07) is 0. The zero-order valence-electron chi connectivity index (χ0n) is 8.49. The van der Waals surface area contributed by atoms with Gasteiger partial charge in [-0.1, -0.05) is 12.8 Å². The van der Waals surface area contributed by atoms with Gasteiger partial charge in [-0.25, -0.2) is 5.48 Å². The van der Waals surface area contributed by atoms with Gasteiger partial charge < -0.3 is 10.5 Å². The predicted octanol–water partition coefficient (Wildman–Crippen LogP) is -0.0495. The predicted molar refractivity (Wildman–Crippen MR) is 51.3 cm³/mol. The molecule has 1 saturated carbocycles. The highest BCUT2D eigenvalue weighted by atomic mass is 16.7. The van der Waals surface area contributed by atoms with Crippen molar-refractivity contribution < 1.29 is 14.4 Å².